The Morgan fingerprint density at radius 1 is 0.534 bits per heavy atom. The Morgan fingerprint density at radius 2 is 0.931 bits per heavy atom. The SMILES string of the molecule is CCCCC/C=C\C/C=C\C/C=C\CCCCC(=O)O[C@H](COC(=O)CCCCCCCCCCC/C=C\CCCCCCCC)COP(=O)([O-])OCC[N+](C)(C)C. The highest BCUT2D eigenvalue weighted by Gasteiger charge is 2.21. The van der Waals surface area contributed by atoms with Crippen LogP contribution in [0.4, 0.5) is 0 Å². The average molecular weight is 838 g/mol. The zero-order valence-electron chi connectivity index (χ0n) is 38.0. The van der Waals surface area contributed by atoms with Crippen molar-refractivity contribution in [1.82, 2.24) is 0 Å². The summed E-state index contributed by atoms with van der Waals surface area (Å²) >= 11 is 0. The number of phosphoric acid groups is 1. The molecule has 0 N–H and O–H groups in total. The molecule has 2 atom stereocenters. The number of quaternary nitrogens is 1. The number of rotatable bonds is 42. The molecule has 0 aromatic heterocycles. The van der Waals surface area contributed by atoms with Gasteiger partial charge in [0.2, 0.25) is 0 Å². The molecule has 0 radical (unpaired) electrons. The molecule has 0 aliphatic carbocycles. The highest BCUT2D eigenvalue weighted by atomic mass is 31.2. The van der Waals surface area contributed by atoms with Crippen molar-refractivity contribution in [1.29, 1.82) is 0 Å². The van der Waals surface area contributed by atoms with Gasteiger partial charge in [-0.3, -0.25) is 14.2 Å². The van der Waals surface area contributed by atoms with Gasteiger partial charge in [0.25, 0.3) is 7.82 Å². The molecule has 0 heterocycles. The summed E-state index contributed by atoms with van der Waals surface area (Å²) in [6.07, 6.45) is 47.1. The van der Waals surface area contributed by atoms with Gasteiger partial charge in [-0.15, -0.1) is 0 Å². The van der Waals surface area contributed by atoms with E-state index in [0.717, 1.165) is 51.4 Å². The average Bonchev–Trinajstić information content (AvgIpc) is 3.17. The van der Waals surface area contributed by atoms with Gasteiger partial charge in [-0.1, -0.05) is 152 Å². The van der Waals surface area contributed by atoms with Crippen LogP contribution < -0.4 is 4.89 Å². The molecular formula is C48H88NO8P. The number of carbonyl (C=O) groups is 2. The number of phosphoric ester groups is 1. The molecule has 0 aliphatic rings. The van der Waals surface area contributed by atoms with E-state index in [1.54, 1.807) is 0 Å². The molecular weight excluding hydrogens is 750 g/mol. The lowest BCUT2D eigenvalue weighted by molar-refractivity contribution is -0.870. The minimum atomic E-state index is -4.64. The number of esters is 2. The van der Waals surface area contributed by atoms with Gasteiger partial charge in [0.05, 0.1) is 27.7 Å². The number of hydrogen-bond donors (Lipinski definition) is 0. The van der Waals surface area contributed by atoms with Gasteiger partial charge in [-0.2, -0.15) is 0 Å². The standard InChI is InChI=1S/C48H88NO8P/c1-6-8-10-12-14-16-18-20-22-23-24-25-27-28-30-32-34-36-38-40-47(50)54-44-46(45-56-58(52,53)55-43-42-49(3,4)5)57-48(51)41-39-37-35-33-31-29-26-21-19-17-15-13-11-9-7-2/h15,17,20-22,26,31,33,46H,6-14,16,18-19,23-25,27-30,32,34-45H2,1-5H3/b17-15-,22-20-,26-21-,33-31-/t46-/m1/s1. The summed E-state index contributed by atoms with van der Waals surface area (Å²) in [5.41, 5.74) is 0. The maximum Gasteiger partial charge on any atom is 0.306 e. The maximum atomic E-state index is 12.7. The summed E-state index contributed by atoms with van der Waals surface area (Å²) < 4.78 is 33.9. The molecule has 338 valence electrons. The molecule has 1 unspecified atom stereocenters. The molecule has 0 saturated carbocycles. The van der Waals surface area contributed by atoms with Gasteiger partial charge in [-0.25, -0.2) is 0 Å². The van der Waals surface area contributed by atoms with Crippen molar-refractivity contribution in [2.45, 2.75) is 200 Å². The molecule has 10 heteroatoms. The van der Waals surface area contributed by atoms with Crippen molar-refractivity contribution < 1.29 is 42.1 Å². The van der Waals surface area contributed by atoms with Crippen molar-refractivity contribution in [3.63, 3.8) is 0 Å². The van der Waals surface area contributed by atoms with E-state index in [1.807, 2.05) is 21.1 Å². The van der Waals surface area contributed by atoms with E-state index in [9.17, 15) is 19.0 Å². The predicted molar refractivity (Wildman–Crippen MR) is 240 cm³/mol. The van der Waals surface area contributed by atoms with Crippen LogP contribution >= 0.6 is 7.82 Å². The molecule has 0 bridgehead atoms. The van der Waals surface area contributed by atoms with Crippen molar-refractivity contribution in [3.05, 3.63) is 48.6 Å². The Kier molecular flexibility index (Phi) is 39.0. The largest absolute Gasteiger partial charge is 0.756 e. The summed E-state index contributed by atoms with van der Waals surface area (Å²) in [6, 6.07) is 0. The van der Waals surface area contributed by atoms with Crippen molar-refractivity contribution in [2.75, 3.05) is 47.5 Å². The van der Waals surface area contributed by atoms with E-state index < -0.39 is 32.5 Å². The zero-order valence-corrected chi connectivity index (χ0v) is 38.9. The summed E-state index contributed by atoms with van der Waals surface area (Å²) in [5.74, 6) is -0.881. The van der Waals surface area contributed by atoms with E-state index in [0.29, 0.717) is 17.4 Å². The second-order valence-electron chi connectivity index (χ2n) is 16.8. The lowest BCUT2D eigenvalue weighted by Crippen LogP contribution is -2.37. The van der Waals surface area contributed by atoms with E-state index in [2.05, 4.69) is 62.5 Å². The third-order valence-corrected chi connectivity index (χ3v) is 10.8. The zero-order chi connectivity index (χ0) is 42.8. The van der Waals surface area contributed by atoms with Gasteiger partial charge >= 0.3 is 11.9 Å². The Balaban J connectivity index is 4.36. The van der Waals surface area contributed by atoms with Crippen LogP contribution in [-0.2, 0) is 32.7 Å². The van der Waals surface area contributed by atoms with Crippen molar-refractivity contribution in [3.8, 4) is 0 Å². The lowest BCUT2D eigenvalue weighted by Gasteiger charge is -2.28. The first-order valence-electron chi connectivity index (χ1n) is 23.3. The minimum Gasteiger partial charge on any atom is -0.756 e. The Hall–Kier alpha value is -2.03. The van der Waals surface area contributed by atoms with E-state index >= 15 is 0 Å². The fourth-order valence-electron chi connectivity index (χ4n) is 6.13. The van der Waals surface area contributed by atoms with Gasteiger partial charge in [0, 0.05) is 12.8 Å². The van der Waals surface area contributed by atoms with Crippen LogP contribution in [0.3, 0.4) is 0 Å². The second-order valence-corrected chi connectivity index (χ2v) is 18.2. The van der Waals surface area contributed by atoms with Crippen LogP contribution in [0.2, 0.25) is 0 Å². The highest BCUT2D eigenvalue weighted by Crippen LogP contribution is 2.38. The number of carbonyl (C=O) groups excluding carboxylic acids is 2. The van der Waals surface area contributed by atoms with Crippen LogP contribution in [0, 0.1) is 0 Å². The number of ether oxygens (including phenoxy) is 2. The number of nitrogens with zero attached hydrogens (tertiary/aromatic N) is 1. The fraction of sp³-hybridized carbons (Fsp3) is 0.792. The van der Waals surface area contributed by atoms with Crippen LogP contribution in [-0.4, -0.2) is 70.0 Å². The van der Waals surface area contributed by atoms with Gasteiger partial charge in [-0.05, 0) is 77.0 Å². The van der Waals surface area contributed by atoms with E-state index in [1.165, 1.54) is 109 Å². The molecule has 58 heavy (non-hydrogen) atoms. The smallest absolute Gasteiger partial charge is 0.306 e. The summed E-state index contributed by atoms with van der Waals surface area (Å²) in [7, 11) is 1.14. The lowest BCUT2D eigenvalue weighted by atomic mass is 10.1. The molecule has 0 fully saturated rings. The van der Waals surface area contributed by atoms with Crippen molar-refractivity contribution >= 4 is 19.8 Å². The second kappa shape index (κ2) is 40.4. The van der Waals surface area contributed by atoms with Gasteiger partial charge in [0.1, 0.15) is 19.8 Å². The van der Waals surface area contributed by atoms with Crippen molar-refractivity contribution in [2.24, 2.45) is 0 Å². The normalized spacial score (nSPS) is 14.0. The van der Waals surface area contributed by atoms with Gasteiger partial charge < -0.3 is 27.9 Å². The molecule has 0 saturated heterocycles. The van der Waals surface area contributed by atoms with Crippen LogP contribution in [0.25, 0.3) is 0 Å². The quantitative estimate of drug-likeness (QED) is 0.0196. The fourth-order valence-corrected chi connectivity index (χ4v) is 6.85. The summed E-state index contributed by atoms with van der Waals surface area (Å²) in [6.45, 7) is 4.15. The predicted octanol–water partition coefficient (Wildman–Crippen LogP) is 12.8. The number of likely N-dealkylation sites (N-methyl/N-ethyl adjacent to an activating group) is 1. The number of hydrogen-bond acceptors (Lipinski definition) is 8. The van der Waals surface area contributed by atoms with Crippen LogP contribution in [0.1, 0.15) is 194 Å². The molecule has 0 spiro atoms. The Labute approximate surface area is 356 Å². The molecule has 9 nitrogen and oxygen atoms in total. The summed E-state index contributed by atoms with van der Waals surface area (Å²) in [4.78, 5) is 37.6. The molecule has 0 aromatic rings. The minimum absolute atomic E-state index is 0.0394. The monoisotopic (exact) mass is 838 g/mol. The van der Waals surface area contributed by atoms with Gasteiger partial charge in [0.15, 0.2) is 6.10 Å². The number of allylic oxidation sites excluding steroid dienone is 8. The molecule has 0 aliphatic heterocycles. The summed E-state index contributed by atoms with van der Waals surface area (Å²) in [5, 5.41) is 0. The number of unbranched alkanes of at least 4 members (excludes halogenated alkanes) is 20. The maximum absolute atomic E-state index is 12.7. The first-order chi connectivity index (χ1) is 28.0. The Morgan fingerprint density at radius 3 is 1.47 bits per heavy atom. The topological polar surface area (TPSA) is 111 Å². The highest BCUT2D eigenvalue weighted by molar-refractivity contribution is 7.45. The first-order valence-corrected chi connectivity index (χ1v) is 24.8. The first kappa shape index (κ1) is 56.0. The third kappa shape index (κ3) is 43.5. The van der Waals surface area contributed by atoms with E-state index in [-0.39, 0.29) is 26.1 Å². The third-order valence-electron chi connectivity index (χ3n) is 9.82. The molecule has 0 amide bonds. The van der Waals surface area contributed by atoms with Crippen LogP contribution in [0.5, 0.6) is 0 Å². The Bertz CT molecular complexity index is 1130. The van der Waals surface area contributed by atoms with Crippen LogP contribution in [0.15, 0.2) is 48.6 Å². The molecule has 0 rings (SSSR count). The van der Waals surface area contributed by atoms with E-state index in [4.69, 9.17) is 18.5 Å². The molecule has 0 aromatic carbocycles.